The fraction of sp³-hybridized carbons (Fsp3) is 0.600. The van der Waals surface area contributed by atoms with E-state index < -0.39 is 0 Å². The number of hydrogen-bond donors (Lipinski definition) is 2. The Morgan fingerprint density at radius 1 is 1.36 bits per heavy atom. The molecule has 0 saturated carbocycles. The molecule has 0 spiro atoms. The Hall–Kier alpha value is -0.870. The molecule has 1 aromatic rings. The first-order valence-electron chi connectivity index (χ1n) is 9.74. The van der Waals surface area contributed by atoms with Crippen LogP contribution in [0, 0.1) is 0 Å². The maximum absolute atomic E-state index is 12.4. The van der Waals surface area contributed by atoms with Gasteiger partial charge in [-0.1, -0.05) is 34.1 Å². The number of carbonyl (C=O) groups excluding carboxylic acids is 1. The van der Waals surface area contributed by atoms with Crippen molar-refractivity contribution in [2.75, 3.05) is 20.1 Å². The van der Waals surface area contributed by atoms with Gasteiger partial charge in [0, 0.05) is 31.0 Å². The Balaban J connectivity index is 0.00000280. The van der Waals surface area contributed by atoms with E-state index in [0.29, 0.717) is 37.8 Å². The summed E-state index contributed by atoms with van der Waals surface area (Å²) >= 11 is 3.53. The Labute approximate surface area is 193 Å². The van der Waals surface area contributed by atoms with Crippen molar-refractivity contribution in [2.45, 2.75) is 57.4 Å². The first-order chi connectivity index (χ1) is 13.1. The molecule has 0 aliphatic carbocycles. The third-order valence-electron chi connectivity index (χ3n) is 5.16. The number of hydrogen-bond acceptors (Lipinski definition) is 3. The average Bonchev–Trinajstić information content (AvgIpc) is 3.26. The topological polar surface area (TPSA) is 66.0 Å². The largest absolute Gasteiger partial charge is 0.373 e. The molecule has 6 nitrogen and oxygen atoms in total. The molecule has 2 saturated heterocycles. The SMILES string of the molecule is CCNC(=NCCC(=O)N(C)Cc1ccccc1Br)NC1CC2CCC1O2.I. The molecule has 2 aliphatic rings. The quantitative estimate of drug-likeness (QED) is 0.303. The maximum atomic E-state index is 12.4. The lowest BCUT2D eigenvalue weighted by atomic mass is 9.96. The first-order valence-corrected chi connectivity index (χ1v) is 10.5. The smallest absolute Gasteiger partial charge is 0.224 e. The normalized spacial score (nSPS) is 23.2. The minimum absolute atomic E-state index is 0. The highest BCUT2D eigenvalue weighted by Crippen LogP contribution is 2.34. The van der Waals surface area contributed by atoms with Crippen LogP contribution in [0.2, 0.25) is 0 Å². The maximum Gasteiger partial charge on any atom is 0.224 e. The van der Waals surface area contributed by atoms with Gasteiger partial charge in [0.25, 0.3) is 0 Å². The summed E-state index contributed by atoms with van der Waals surface area (Å²) in [5.41, 5.74) is 1.10. The standard InChI is InChI=1S/C20H29BrN4O2.HI/c1-3-22-20(24-17-12-15-8-9-18(17)27-15)23-11-10-19(26)25(2)13-14-6-4-5-7-16(14)21;/h4-7,15,17-18H,3,8-13H2,1-2H3,(H2,22,23,24);1H. The van der Waals surface area contributed by atoms with E-state index in [1.807, 2.05) is 38.2 Å². The number of nitrogens with one attached hydrogen (secondary N) is 2. The molecule has 0 radical (unpaired) electrons. The van der Waals surface area contributed by atoms with E-state index in [1.54, 1.807) is 4.90 Å². The highest BCUT2D eigenvalue weighted by molar-refractivity contribution is 14.0. The number of nitrogens with zero attached hydrogens (tertiary/aromatic N) is 2. The predicted octanol–water partition coefficient (Wildman–Crippen LogP) is 3.29. The zero-order chi connectivity index (χ0) is 19.2. The summed E-state index contributed by atoms with van der Waals surface area (Å²) in [4.78, 5) is 18.8. The van der Waals surface area contributed by atoms with Crippen LogP contribution in [-0.2, 0) is 16.1 Å². The molecule has 28 heavy (non-hydrogen) atoms. The average molecular weight is 565 g/mol. The van der Waals surface area contributed by atoms with Gasteiger partial charge in [0.2, 0.25) is 5.91 Å². The van der Waals surface area contributed by atoms with Gasteiger partial charge in [0.05, 0.1) is 24.8 Å². The lowest BCUT2D eigenvalue weighted by Gasteiger charge is -2.22. The van der Waals surface area contributed by atoms with Gasteiger partial charge < -0.3 is 20.3 Å². The number of halogens is 2. The monoisotopic (exact) mass is 564 g/mol. The Bertz CT molecular complexity index is 688. The number of guanidine groups is 1. The van der Waals surface area contributed by atoms with E-state index in [-0.39, 0.29) is 29.9 Å². The summed E-state index contributed by atoms with van der Waals surface area (Å²) in [5.74, 6) is 0.869. The molecule has 2 aliphatic heterocycles. The molecule has 2 bridgehead atoms. The molecule has 1 amide bonds. The van der Waals surface area contributed by atoms with Gasteiger partial charge in [0.15, 0.2) is 5.96 Å². The van der Waals surface area contributed by atoms with Crippen LogP contribution >= 0.6 is 39.9 Å². The number of aliphatic imine (C=N–C) groups is 1. The lowest BCUT2D eigenvalue weighted by molar-refractivity contribution is -0.130. The van der Waals surface area contributed by atoms with Gasteiger partial charge in [-0.2, -0.15) is 0 Å². The third kappa shape index (κ3) is 6.32. The lowest BCUT2D eigenvalue weighted by Crippen LogP contribution is -2.47. The highest BCUT2D eigenvalue weighted by Gasteiger charge is 2.41. The van der Waals surface area contributed by atoms with Crippen molar-refractivity contribution >= 4 is 51.8 Å². The van der Waals surface area contributed by atoms with Crippen LogP contribution in [0.4, 0.5) is 0 Å². The van der Waals surface area contributed by atoms with E-state index in [2.05, 4.69) is 31.6 Å². The number of amides is 1. The van der Waals surface area contributed by atoms with Crippen molar-refractivity contribution in [3.8, 4) is 0 Å². The van der Waals surface area contributed by atoms with Crippen LogP contribution < -0.4 is 10.6 Å². The summed E-state index contributed by atoms with van der Waals surface area (Å²) in [7, 11) is 1.83. The van der Waals surface area contributed by atoms with Crippen LogP contribution in [0.1, 0.15) is 38.2 Å². The van der Waals surface area contributed by atoms with Crippen LogP contribution in [0.25, 0.3) is 0 Å². The molecule has 3 rings (SSSR count). The van der Waals surface area contributed by atoms with E-state index in [9.17, 15) is 4.79 Å². The number of benzene rings is 1. The molecule has 156 valence electrons. The zero-order valence-electron chi connectivity index (χ0n) is 16.5. The van der Waals surface area contributed by atoms with Crippen molar-refractivity contribution in [3.05, 3.63) is 34.3 Å². The van der Waals surface area contributed by atoms with E-state index in [1.165, 1.54) is 6.42 Å². The summed E-state index contributed by atoms with van der Waals surface area (Å²) in [6, 6.07) is 8.30. The first kappa shape index (κ1) is 23.4. The molecule has 2 N–H and O–H groups in total. The number of ether oxygens (including phenoxy) is 1. The minimum atomic E-state index is 0. The minimum Gasteiger partial charge on any atom is -0.373 e. The van der Waals surface area contributed by atoms with Gasteiger partial charge >= 0.3 is 0 Å². The van der Waals surface area contributed by atoms with Gasteiger partial charge in [-0.25, -0.2) is 0 Å². The van der Waals surface area contributed by atoms with Crippen LogP contribution in [0.5, 0.6) is 0 Å². The number of rotatable bonds is 7. The fourth-order valence-corrected chi connectivity index (χ4v) is 4.12. The molecule has 0 aromatic heterocycles. The van der Waals surface area contributed by atoms with Crippen LogP contribution in [-0.4, -0.2) is 55.2 Å². The van der Waals surface area contributed by atoms with Crippen molar-refractivity contribution in [1.29, 1.82) is 0 Å². The predicted molar refractivity (Wildman–Crippen MR) is 126 cm³/mol. The molecule has 3 unspecified atom stereocenters. The van der Waals surface area contributed by atoms with Crippen LogP contribution in [0.3, 0.4) is 0 Å². The zero-order valence-corrected chi connectivity index (χ0v) is 20.4. The van der Waals surface area contributed by atoms with Gasteiger partial charge in [-0.3, -0.25) is 9.79 Å². The summed E-state index contributed by atoms with van der Waals surface area (Å²) < 4.78 is 6.92. The van der Waals surface area contributed by atoms with Crippen molar-refractivity contribution in [2.24, 2.45) is 4.99 Å². The Morgan fingerprint density at radius 3 is 2.79 bits per heavy atom. The fourth-order valence-electron chi connectivity index (χ4n) is 3.71. The molecule has 3 atom stereocenters. The third-order valence-corrected chi connectivity index (χ3v) is 5.93. The van der Waals surface area contributed by atoms with Crippen molar-refractivity contribution in [1.82, 2.24) is 15.5 Å². The van der Waals surface area contributed by atoms with Crippen molar-refractivity contribution < 1.29 is 9.53 Å². The molecule has 8 heteroatoms. The van der Waals surface area contributed by atoms with E-state index in [0.717, 1.165) is 35.4 Å². The molecular formula is C20H30BrIN4O2. The van der Waals surface area contributed by atoms with Gasteiger partial charge in [-0.05, 0) is 37.8 Å². The highest BCUT2D eigenvalue weighted by atomic mass is 127. The number of carbonyl (C=O) groups is 1. The van der Waals surface area contributed by atoms with E-state index in [4.69, 9.17) is 4.74 Å². The summed E-state index contributed by atoms with van der Waals surface area (Å²) in [5, 5.41) is 6.75. The molecule has 1 aromatic carbocycles. The van der Waals surface area contributed by atoms with Gasteiger partial charge in [0.1, 0.15) is 0 Å². The second kappa shape index (κ2) is 11.3. The summed E-state index contributed by atoms with van der Waals surface area (Å²) in [6.07, 6.45) is 4.45. The van der Waals surface area contributed by atoms with Crippen LogP contribution in [0.15, 0.2) is 33.7 Å². The Kier molecular flexibility index (Phi) is 9.49. The number of fused-ring (bicyclic) bond motifs is 2. The molecule has 2 heterocycles. The second-order valence-corrected chi connectivity index (χ2v) is 8.07. The molecule has 2 fully saturated rings. The molecular weight excluding hydrogens is 535 g/mol. The van der Waals surface area contributed by atoms with E-state index >= 15 is 0 Å². The van der Waals surface area contributed by atoms with Crippen molar-refractivity contribution in [3.63, 3.8) is 0 Å². The second-order valence-electron chi connectivity index (χ2n) is 7.21. The summed E-state index contributed by atoms with van der Waals surface area (Å²) in [6.45, 7) is 3.90. The Morgan fingerprint density at radius 2 is 2.14 bits per heavy atom. The van der Waals surface area contributed by atoms with Gasteiger partial charge in [-0.15, -0.1) is 24.0 Å².